The van der Waals surface area contributed by atoms with Crippen molar-refractivity contribution in [2.75, 3.05) is 0 Å². The number of aryl methyl sites for hydroxylation is 1. The summed E-state index contributed by atoms with van der Waals surface area (Å²) in [7, 11) is -1.55. The van der Waals surface area contributed by atoms with E-state index in [0.717, 1.165) is 24.0 Å². The molecular formula is C24H27N3O4S. The lowest BCUT2D eigenvalue weighted by atomic mass is 9.78. The van der Waals surface area contributed by atoms with Crippen molar-refractivity contribution >= 4 is 21.5 Å². The quantitative estimate of drug-likeness (QED) is 0.650. The minimum absolute atomic E-state index is 0.0135. The van der Waals surface area contributed by atoms with Crippen LogP contribution in [-0.2, 0) is 32.0 Å². The summed E-state index contributed by atoms with van der Waals surface area (Å²) in [4.78, 5) is 26.1. The minimum Gasteiger partial charge on any atom is -0.340 e. The molecule has 2 aromatic rings. The molecule has 3 aliphatic carbocycles. The molecule has 5 rings (SSSR count). The third-order valence-corrected chi connectivity index (χ3v) is 9.27. The highest BCUT2D eigenvalue weighted by Gasteiger charge is 2.53. The Hall–Kier alpha value is -2.74. The predicted octanol–water partition coefficient (Wildman–Crippen LogP) is 2.88. The van der Waals surface area contributed by atoms with Crippen molar-refractivity contribution in [3.63, 3.8) is 0 Å². The largest absolute Gasteiger partial charge is 0.340 e. The van der Waals surface area contributed by atoms with E-state index in [2.05, 4.69) is 17.0 Å². The van der Waals surface area contributed by atoms with E-state index in [-0.39, 0.29) is 22.9 Å². The Kier molecular flexibility index (Phi) is 4.89. The summed E-state index contributed by atoms with van der Waals surface area (Å²) < 4.78 is 27.7. The first-order valence-corrected chi connectivity index (χ1v) is 12.7. The Balaban J connectivity index is 1.64. The van der Waals surface area contributed by atoms with Crippen molar-refractivity contribution in [1.29, 1.82) is 0 Å². The maximum Gasteiger partial charge on any atom is 0.244 e. The lowest BCUT2D eigenvalue weighted by molar-refractivity contribution is -0.120. The lowest BCUT2D eigenvalue weighted by Gasteiger charge is -2.34. The highest BCUT2D eigenvalue weighted by molar-refractivity contribution is 7.92. The number of sulfone groups is 1. The molecule has 7 nitrogen and oxygen atoms in total. The first-order valence-electron chi connectivity index (χ1n) is 11.1. The number of nitrogens with zero attached hydrogens (tertiary/aromatic N) is 2. The number of hydrogen-bond donors (Lipinski definition) is 1. The second-order valence-electron chi connectivity index (χ2n) is 9.25. The van der Waals surface area contributed by atoms with Crippen LogP contribution in [-0.4, -0.2) is 35.1 Å². The molecule has 1 amide bonds. The number of aromatic nitrogens is 2. The molecular weight excluding hydrogens is 426 g/mol. The zero-order chi connectivity index (χ0) is 22.7. The van der Waals surface area contributed by atoms with Crippen LogP contribution in [0.1, 0.15) is 67.2 Å². The fourth-order valence-corrected chi connectivity index (χ4v) is 6.96. The van der Waals surface area contributed by atoms with Crippen LogP contribution in [0.3, 0.4) is 0 Å². The molecule has 168 valence electrons. The first kappa shape index (κ1) is 21.1. The van der Waals surface area contributed by atoms with Crippen LogP contribution in [0.2, 0.25) is 0 Å². The molecule has 0 radical (unpaired) electrons. The molecule has 3 saturated carbocycles. The van der Waals surface area contributed by atoms with Crippen molar-refractivity contribution in [1.82, 2.24) is 15.1 Å². The third kappa shape index (κ3) is 3.41. The van der Waals surface area contributed by atoms with Gasteiger partial charge in [0.05, 0.1) is 27.3 Å². The summed E-state index contributed by atoms with van der Waals surface area (Å²) in [6, 6.07) is 7.16. The van der Waals surface area contributed by atoms with Crippen molar-refractivity contribution in [2.45, 2.75) is 66.0 Å². The van der Waals surface area contributed by atoms with Gasteiger partial charge in [0, 0.05) is 19.7 Å². The molecule has 1 aromatic carbocycles. The van der Waals surface area contributed by atoms with E-state index in [1.807, 2.05) is 12.1 Å². The topological polar surface area (TPSA) is 98.1 Å². The van der Waals surface area contributed by atoms with Crippen LogP contribution < -0.4 is 5.32 Å². The summed E-state index contributed by atoms with van der Waals surface area (Å²) in [5.41, 5.74) is 1.17. The third-order valence-electron chi connectivity index (χ3n) is 6.94. The van der Waals surface area contributed by atoms with Gasteiger partial charge in [-0.15, -0.1) is 0 Å². The van der Waals surface area contributed by atoms with Crippen LogP contribution in [0.15, 0.2) is 48.0 Å². The SMILES string of the molecule is C=CC(=O)N[C@@]1(c2ccn(C)n2)CCC(=O)C1c1ccc(S(=O)(=O)C2CC2)c(C2CC2)c1. The van der Waals surface area contributed by atoms with E-state index in [1.54, 1.807) is 30.1 Å². The Bertz CT molecular complexity index is 1220. The molecule has 0 bridgehead atoms. The van der Waals surface area contributed by atoms with Gasteiger partial charge >= 0.3 is 0 Å². The minimum atomic E-state index is -3.34. The molecule has 0 spiro atoms. The molecule has 8 heteroatoms. The van der Waals surface area contributed by atoms with Gasteiger partial charge in [-0.1, -0.05) is 18.7 Å². The summed E-state index contributed by atoms with van der Waals surface area (Å²) in [6.07, 6.45) is 7.05. The second kappa shape index (κ2) is 7.40. The number of nitrogens with one attached hydrogen (secondary N) is 1. The Labute approximate surface area is 187 Å². The van der Waals surface area contributed by atoms with Crippen LogP contribution in [0.5, 0.6) is 0 Å². The molecule has 0 aliphatic heterocycles. The standard InChI is InChI=1S/C24H27N3O4S/c1-3-22(29)25-24(21-11-13-27(2)26-21)12-10-19(28)23(24)16-6-9-20(18(14-16)15-4-5-15)32(30,31)17-7-8-17/h3,6,9,11,13-15,17,23H,1,4-5,7-8,10,12H2,2H3,(H,25,29)/t23?,24-/m1/s1. The van der Waals surface area contributed by atoms with Gasteiger partial charge < -0.3 is 5.32 Å². The Morgan fingerprint density at radius 3 is 2.59 bits per heavy atom. The number of benzene rings is 1. The second-order valence-corrected chi connectivity index (χ2v) is 11.5. The highest BCUT2D eigenvalue weighted by Crippen LogP contribution is 2.50. The average molecular weight is 454 g/mol. The lowest BCUT2D eigenvalue weighted by Crippen LogP contribution is -2.48. The summed E-state index contributed by atoms with van der Waals surface area (Å²) in [5, 5.41) is 7.28. The number of rotatable bonds is 7. The van der Waals surface area contributed by atoms with Crippen molar-refractivity contribution in [3.8, 4) is 0 Å². The molecule has 1 heterocycles. The first-order chi connectivity index (χ1) is 15.3. The van der Waals surface area contributed by atoms with Gasteiger partial charge in [-0.3, -0.25) is 14.3 Å². The van der Waals surface area contributed by atoms with Crippen LogP contribution >= 0.6 is 0 Å². The van der Waals surface area contributed by atoms with Crippen LogP contribution in [0.4, 0.5) is 0 Å². The van der Waals surface area contributed by atoms with E-state index in [9.17, 15) is 18.0 Å². The van der Waals surface area contributed by atoms with Gasteiger partial charge in [0.1, 0.15) is 5.78 Å². The van der Waals surface area contributed by atoms with Crippen molar-refractivity contribution in [3.05, 3.63) is 59.9 Å². The fourth-order valence-electron chi connectivity index (χ4n) is 5.03. The molecule has 1 aromatic heterocycles. The van der Waals surface area contributed by atoms with Crippen LogP contribution in [0.25, 0.3) is 0 Å². The average Bonchev–Trinajstić information content (AvgIpc) is 3.69. The van der Waals surface area contributed by atoms with Crippen LogP contribution in [0, 0.1) is 0 Å². The molecule has 0 saturated heterocycles. The molecule has 1 N–H and O–H groups in total. The van der Waals surface area contributed by atoms with E-state index < -0.39 is 21.3 Å². The molecule has 1 unspecified atom stereocenters. The number of Topliss-reactive ketones (excluding diaryl/α,β-unsaturated/α-hetero) is 1. The summed E-state index contributed by atoms with van der Waals surface area (Å²) in [6.45, 7) is 3.57. The van der Waals surface area contributed by atoms with E-state index in [1.165, 1.54) is 6.08 Å². The van der Waals surface area contributed by atoms with Crippen molar-refractivity contribution in [2.24, 2.45) is 7.05 Å². The molecule has 2 atom stereocenters. The number of carbonyl (C=O) groups is 2. The zero-order valence-corrected chi connectivity index (χ0v) is 18.9. The maximum absolute atomic E-state index is 13.2. The van der Waals surface area contributed by atoms with E-state index in [4.69, 9.17) is 0 Å². The smallest absolute Gasteiger partial charge is 0.244 e. The Morgan fingerprint density at radius 1 is 1.25 bits per heavy atom. The van der Waals surface area contributed by atoms with Gasteiger partial charge in [-0.05, 0) is 67.4 Å². The predicted molar refractivity (Wildman–Crippen MR) is 119 cm³/mol. The number of carbonyl (C=O) groups excluding carboxylic acids is 2. The van der Waals surface area contributed by atoms with Gasteiger partial charge in [-0.2, -0.15) is 5.10 Å². The van der Waals surface area contributed by atoms with Crippen molar-refractivity contribution < 1.29 is 18.0 Å². The molecule has 32 heavy (non-hydrogen) atoms. The maximum atomic E-state index is 13.2. The summed E-state index contributed by atoms with van der Waals surface area (Å²) in [5.74, 6) is -0.788. The van der Waals surface area contributed by atoms with Gasteiger partial charge in [-0.25, -0.2) is 8.42 Å². The number of ketones is 1. The monoisotopic (exact) mass is 453 g/mol. The number of amides is 1. The van der Waals surface area contributed by atoms with E-state index in [0.29, 0.717) is 36.3 Å². The highest BCUT2D eigenvalue weighted by atomic mass is 32.2. The zero-order valence-electron chi connectivity index (χ0n) is 18.1. The van der Waals surface area contributed by atoms with E-state index >= 15 is 0 Å². The van der Waals surface area contributed by atoms with Gasteiger partial charge in [0.2, 0.25) is 5.91 Å². The van der Waals surface area contributed by atoms with Gasteiger partial charge in [0.25, 0.3) is 0 Å². The fraction of sp³-hybridized carbons (Fsp3) is 0.458. The number of hydrogen-bond acceptors (Lipinski definition) is 5. The van der Waals surface area contributed by atoms with Gasteiger partial charge in [0.15, 0.2) is 9.84 Å². The normalized spacial score (nSPS) is 25.7. The summed E-state index contributed by atoms with van der Waals surface area (Å²) >= 11 is 0. The molecule has 3 aliphatic rings. The Morgan fingerprint density at radius 2 is 2.00 bits per heavy atom. The molecule has 3 fully saturated rings.